The molecule has 0 spiro atoms. The third-order valence-corrected chi connectivity index (χ3v) is 7.64. The SMILES string of the molecule is O=C(c1ccc(Br)cc1)C1C2C(=O)N(c3ccccc3)C(=O)C2C2C=Cc3cc(Cl)ccc3N21. The summed E-state index contributed by atoms with van der Waals surface area (Å²) in [4.78, 5) is 44.6. The van der Waals surface area contributed by atoms with E-state index in [1.807, 2.05) is 35.3 Å². The number of Topliss-reactive ketones (excluding diaryl/α,β-unsaturated/α-hetero) is 1. The lowest BCUT2D eigenvalue weighted by Crippen LogP contribution is -2.48. The van der Waals surface area contributed by atoms with Crippen LogP contribution in [0.4, 0.5) is 11.4 Å². The molecule has 4 atom stereocenters. The summed E-state index contributed by atoms with van der Waals surface area (Å²) in [5, 5.41) is 0.583. The number of nitrogens with zero attached hydrogens (tertiary/aromatic N) is 2. The minimum absolute atomic E-state index is 0.183. The summed E-state index contributed by atoms with van der Waals surface area (Å²) < 4.78 is 0.856. The molecule has 5 nitrogen and oxygen atoms in total. The number of fused-ring (bicyclic) bond motifs is 5. The van der Waals surface area contributed by atoms with Gasteiger partial charge >= 0.3 is 0 Å². The number of benzene rings is 3. The van der Waals surface area contributed by atoms with Crippen molar-refractivity contribution >= 4 is 62.6 Å². The number of imide groups is 1. The average molecular weight is 534 g/mol. The quantitative estimate of drug-likeness (QED) is 0.335. The maximum Gasteiger partial charge on any atom is 0.240 e. The number of carbonyl (C=O) groups excluding carboxylic acids is 3. The van der Waals surface area contributed by atoms with Crippen LogP contribution in [-0.2, 0) is 9.59 Å². The Balaban J connectivity index is 1.50. The van der Waals surface area contributed by atoms with E-state index in [9.17, 15) is 14.4 Å². The third kappa shape index (κ3) is 3.09. The lowest BCUT2D eigenvalue weighted by atomic mass is 9.86. The first-order valence-electron chi connectivity index (χ1n) is 10.9. The summed E-state index contributed by atoms with van der Waals surface area (Å²) in [7, 11) is 0. The van der Waals surface area contributed by atoms with Crippen molar-refractivity contribution in [3.63, 3.8) is 0 Å². The van der Waals surface area contributed by atoms with Crippen molar-refractivity contribution in [2.45, 2.75) is 12.1 Å². The topological polar surface area (TPSA) is 57.7 Å². The van der Waals surface area contributed by atoms with E-state index in [1.54, 1.807) is 54.6 Å². The van der Waals surface area contributed by atoms with Crippen LogP contribution in [0.5, 0.6) is 0 Å². The van der Waals surface area contributed by atoms with E-state index in [4.69, 9.17) is 11.6 Å². The van der Waals surface area contributed by atoms with Gasteiger partial charge in [0.1, 0.15) is 6.04 Å². The maximum absolute atomic E-state index is 13.9. The standard InChI is InChI=1S/C27H18BrClN2O3/c28-17-9-6-15(7-10-17)25(32)24-23-22(26(33)30(27(23)34)19-4-2-1-3-5-19)21-12-8-16-14-18(29)11-13-20(16)31(21)24/h1-14,21-24H. The zero-order chi connectivity index (χ0) is 23.6. The van der Waals surface area contributed by atoms with Crippen molar-refractivity contribution in [1.29, 1.82) is 0 Å². The van der Waals surface area contributed by atoms with Gasteiger partial charge in [0.25, 0.3) is 0 Å². The van der Waals surface area contributed by atoms with E-state index in [1.165, 1.54) is 4.90 Å². The van der Waals surface area contributed by atoms with Gasteiger partial charge in [0, 0.05) is 20.7 Å². The summed E-state index contributed by atoms with van der Waals surface area (Å²) in [6.45, 7) is 0. The molecule has 0 radical (unpaired) electrons. The summed E-state index contributed by atoms with van der Waals surface area (Å²) in [5.74, 6) is -2.24. The summed E-state index contributed by atoms with van der Waals surface area (Å²) >= 11 is 9.63. The number of hydrogen-bond donors (Lipinski definition) is 0. The maximum atomic E-state index is 13.9. The first-order valence-corrected chi connectivity index (χ1v) is 12.1. The van der Waals surface area contributed by atoms with E-state index in [2.05, 4.69) is 15.9 Å². The highest BCUT2D eigenvalue weighted by Crippen LogP contribution is 2.50. The van der Waals surface area contributed by atoms with Crippen molar-refractivity contribution < 1.29 is 14.4 Å². The molecule has 3 aliphatic rings. The molecule has 0 bridgehead atoms. The second-order valence-corrected chi connectivity index (χ2v) is 10.0. The minimum atomic E-state index is -0.814. The molecule has 6 rings (SSSR count). The number of amides is 2. The molecule has 0 aromatic heterocycles. The molecule has 168 valence electrons. The number of carbonyl (C=O) groups is 3. The Morgan fingerprint density at radius 1 is 0.882 bits per heavy atom. The highest BCUT2D eigenvalue weighted by Gasteiger charge is 2.64. The number of para-hydroxylation sites is 1. The van der Waals surface area contributed by atoms with Crippen LogP contribution in [0, 0.1) is 11.8 Å². The van der Waals surface area contributed by atoms with Gasteiger partial charge in [0.05, 0.1) is 23.6 Å². The molecule has 2 amide bonds. The van der Waals surface area contributed by atoms with Crippen molar-refractivity contribution in [3.05, 3.63) is 99.5 Å². The number of ketones is 1. The Kier molecular flexibility index (Phi) is 4.97. The van der Waals surface area contributed by atoms with Gasteiger partial charge < -0.3 is 4.90 Å². The average Bonchev–Trinajstić information content (AvgIpc) is 3.32. The van der Waals surface area contributed by atoms with E-state index in [0.29, 0.717) is 16.3 Å². The third-order valence-electron chi connectivity index (χ3n) is 6.88. The second-order valence-electron chi connectivity index (χ2n) is 8.68. The Morgan fingerprint density at radius 2 is 1.59 bits per heavy atom. The molecule has 0 aliphatic carbocycles. The molecule has 4 unspecified atom stereocenters. The molecule has 34 heavy (non-hydrogen) atoms. The Bertz CT molecular complexity index is 1370. The molecule has 3 aromatic rings. The van der Waals surface area contributed by atoms with Crippen LogP contribution in [0.3, 0.4) is 0 Å². The van der Waals surface area contributed by atoms with E-state index < -0.39 is 23.9 Å². The monoisotopic (exact) mass is 532 g/mol. The fourth-order valence-corrected chi connectivity index (χ4v) is 5.91. The van der Waals surface area contributed by atoms with Gasteiger partial charge in [0.2, 0.25) is 11.8 Å². The number of anilines is 2. The molecule has 0 N–H and O–H groups in total. The molecule has 0 saturated carbocycles. The molecular formula is C27H18BrClN2O3. The van der Waals surface area contributed by atoms with Crippen LogP contribution in [-0.4, -0.2) is 29.7 Å². The van der Waals surface area contributed by atoms with Crippen LogP contribution in [0.25, 0.3) is 6.08 Å². The van der Waals surface area contributed by atoms with Gasteiger partial charge in [0.15, 0.2) is 5.78 Å². The van der Waals surface area contributed by atoms with E-state index in [0.717, 1.165) is 15.7 Å². The number of hydrogen-bond acceptors (Lipinski definition) is 4. The summed E-state index contributed by atoms with van der Waals surface area (Å²) in [5.41, 5.74) is 2.68. The summed E-state index contributed by atoms with van der Waals surface area (Å²) in [6.07, 6.45) is 3.85. The fraction of sp³-hybridized carbons (Fsp3) is 0.148. The lowest BCUT2D eigenvalue weighted by Gasteiger charge is -2.36. The van der Waals surface area contributed by atoms with Gasteiger partial charge in [-0.25, -0.2) is 4.90 Å². The van der Waals surface area contributed by atoms with E-state index >= 15 is 0 Å². The summed E-state index contributed by atoms with van der Waals surface area (Å²) in [6, 6.07) is 20.2. The van der Waals surface area contributed by atoms with Crippen LogP contribution >= 0.6 is 27.5 Å². The lowest BCUT2D eigenvalue weighted by molar-refractivity contribution is -0.122. The van der Waals surface area contributed by atoms with Gasteiger partial charge in [-0.1, -0.05) is 70.0 Å². The molecule has 2 fully saturated rings. The first kappa shape index (κ1) is 21.3. The van der Waals surface area contributed by atoms with Crippen LogP contribution < -0.4 is 9.80 Å². The predicted molar refractivity (Wildman–Crippen MR) is 135 cm³/mol. The van der Waals surface area contributed by atoms with Gasteiger partial charge in [-0.15, -0.1) is 0 Å². The largest absolute Gasteiger partial charge is 0.352 e. The van der Waals surface area contributed by atoms with Crippen molar-refractivity contribution in [1.82, 2.24) is 0 Å². The highest BCUT2D eigenvalue weighted by atomic mass is 79.9. The second kappa shape index (κ2) is 7.93. The van der Waals surface area contributed by atoms with Gasteiger partial charge in [-0.3, -0.25) is 14.4 Å². The fourth-order valence-electron chi connectivity index (χ4n) is 5.46. The Morgan fingerprint density at radius 3 is 2.32 bits per heavy atom. The molecule has 7 heteroatoms. The van der Waals surface area contributed by atoms with Crippen LogP contribution in [0.15, 0.2) is 83.3 Å². The molecular weight excluding hydrogens is 516 g/mol. The van der Waals surface area contributed by atoms with Crippen LogP contribution in [0.2, 0.25) is 5.02 Å². The molecule has 3 heterocycles. The molecule has 3 aromatic carbocycles. The predicted octanol–water partition coefficient (Wildman–Crippen LogP) is 5.38. The van der Waals surface area contributed by atoms with Crippen LogP contribution in [0.1, 0.15) is 15.9 Å². The van der Waals surface area contributed by atoms with Crippen molar-refractivity contribution in [3.8, 4) is 0 Å². The minimum Gasteiger partial charge on any atom is -0.352 e. The van der Waals surface area contributed by atoms with Gasteiger partial charge in [-0.05, 0) is 48.0 Å². The van der Waals surface area contributed by atoms with E-state index in [-0.39, 0.29) is 17.6 Å². The zero-order valence-corrected chi connectivity index (χ0v) is 20.1. The zero-order valence-electron chi connectivity index (χ0n) is 17.8. The smallest absolute Gasteiger partial charge is 0.240 e. The van der Waals surface area contributed by atoms with Crippen molar-refractivity contribution in [2.75, 3.05) is 9.80 Å². The molecule has 3 aliphatic heterocycles. The van der Waals surface area contributed by atoms with Gasteiger partial charge in [-0.2, -0.15) is 0 Å². The number of rotatable bonds is 3. The molecule has 2 saturated heterocycles. The Hall–Kier alpha value is -3.22. The normalized spacial score (nSPS) is 24.8. The Labute approximate surface area is 209 Å². The first-order chi connectivity index (χ1) is 16.5. The highest BCUT2D eigenvalue weighted by molar-refractivity contribution is 9.10. The number of halogens is 2. The van der Waals surface area contributed by atoms with Crippen molar-refractivity contribution in [2.24, 2.45) is 11.8 Å².